The van der Waals surface area contributed by atoms with E-state index in [1.165, 1.54) is 11.3 Å². The molecule has 0 radical (unpaired) electrons. The first-order chi connectivity index (χ1) is 12.5. The van der Waals surface area contributed by atoms with Crippen LogP contribution in [-0.2, 0) is 14.3 Å². The summed E-state index contributed by atoms with van der Waals surface area (Å²) in [6.07, 6.45) is 1.65. The summed E-state index contributed by atoms with van der Waals surface area (Å²) in [6, 6.07) is 3.18. The maximum atomic E-state index is 12.6. The van der Waals surface area contributed by atoms with Crippen LogP contribution in [0.4, 0.5) is 9.59 Å². The van der Waals surface area contributed by atoms with Crippen LogP contribution in [0.15, 0.2) is 33.7 Å². The molecule has 136 valence electrons. The lowest BCUT2D eigenvalue weighted by Crippen LogP contribution is -2.47. The molecule has 0 saturated carbocycles. The molecule has 0 spiro atoms. The highest BCUT2D eigenvalue weighted by Crippen LogP contribution is 2.33. The van der Waals surface area contributed by atoms with Gasteiger partial charge in [-0.2, -0.15) is 0 Å². The van der Waals surface area contributed by atoms with Gasteiger partial charge in [0.05, 0.1) is 35.9 Å². The molecule has 1 aromatic rings. The van der Waals surface area contributed by atoms with Crippen LogP contribution in [-0.4, -0.2) is 47.7 Å². The number of thioether (sulfide) groups is 1. The van der Waals surface area contributed by atoms with E-state index in [9.17, 15) is 19.2 Å². The number of hydrogen-bond donors (Lipinski definition) is 2. The number of carbonyl (C=O) groups is 4. The minimum absolute atomic E-state index is 0.0265. The van der Waals surface area contributed by atoms with Gasteiger partial charge < -0.3 is 15.4 Å². The predicted octanol–water partition coefficient (Wildman–Crippen LogP) is 1.91. The van der Waals surface area contributed by atoms with Gasteiger partial charge >= 0.3 is 12.0 Å². The Hall–Kier alpha value is -2.59. The first kappa shape index (κ1) is 18.2. The molecule has 0 aromatic carbocycles. The molecule has 0 atom stereocenters. The minimum atomic E-state index is -0.601. The molecule has 1 aromatic heterocycles. The highest BCUT2D eigenvalue weighted by molar-refractivity contribution is 8.18. The Balaban J connectivity index is 1.83. The minimum Gasteiger partial charge on any atom is -0.463 e. The number of carbonyl (C=O) groups excluding carboxylic acids is 4. The molecule has 0 aliphatic carbocycles. The summed E-state index contributed by atoms with van der Waals surface area (Å²) in [6.45, 7) is 1.61. The van der Waals surface area contributed by atoms with Crippen LogP contribution in [0.25, 0.3) is 6.08 Å². The highest BCUT2D eigenvalue weighted by Gasteiger charge is 2.37. The molecule has 0 bridgehead atoms. The van der Waals surface area contributed by atoms with Gasteiger partial charge in [0.1, 0.15) is 0 Å². The zero-order valence-electron chi connectivity index (χ0n) is 13.7. The first-order valence-corrected chi connectivity index (χ1v) is 9.42. The second-order valence-electron chi connectivity index (χ2n) is 5.27. The molecular formula is C16H15N3O5S2. The van der Waals surface area contributed by atoms with E-state index in [0.29, 0.717) is 4.91 Å². The van der Waals surface area contributed by atoms with Crippen molar-refractivity contribution < 1.29 is 23.9 Å². The molecule has 2 N–H and O–H groups in total. The first-order valence-electron chi connectivity index (χ1n) is 7.72. The third-order valence-electron chi connectivity index (χ3n) is 3.58. The fraction of sp³-hybridized carbons (Fsp3) is 0.250. The maximum absolute atomic E-state index is 12.6. The number of thiophene rings is 1. The van der Waals surface area contributed by atoms with Crippen LogP contribution in [0.5, 0.6) is 0 Å². The van der Waals surface area contributed by atoms with Gasteiger partial charge in [-0.15, -0.1) is 11.3 Å². The third kappa shape index (κ3) is 3.81. The second kappa shape index (κ2) is 7.75. The summed E-state index contributed by atoms with van der Waals surface area (Å²) in [5.74, 6) is -1.06. The Morgan fingerprint density at radius 2 is 2.19 bits per heavy atom. The van der Waals surface area contributed by atoms with E-state index in [1.807, 2.05) is 17.5 Å². The van der Waals surface area contributed by atoms with Gasteiger partial charge in [0.2, 0.25) is 0 Å². The number of nitrogens with one attached hydrogen (secondary N) is 2. The molecule has 1 fully saturated rings. The number of amides is 4. The van der Waals surface area contributed by atoms with Crippen LogP contribution in [0, 0.1) is 0 Å². The molecule has 8 nitrogen and oxygen atoms in total. The summed E-state index contributed by atoms with van der Waals surface area (Å²) in [4.78, 5) is 50.6. The van der Waals surface area contributed by atoms with Gasteiger partial charge in [-0.25, -0.2) is 9.59 Å². The van der Waals surface area contributed by atoms with Crippen molar-refractivity contribution in [3.8, 4) is 0 Å². The lowest BCUT2D eigenvalue weighted by molar-refractivity contribution is -0.138. The smallest absolute Gasteiger partial charge is 0.337 e. The quantitative estimate of drug-likeness (QED) is 0.585. The summed E-state index contributed by atoms with van der Waals surface area (Å²) in [5.41, 5.74) is 0.375. The number of hydrogen-bond acceptors (Lipinski definition) is 7. The zero-order valence-corrected chi connectivity index (χ0v) is 15.4. The number of ether oxygens (including phenoxy) is 1. The lowest BCUT2D eigenvalue weighted by atomic mass is 10.1. The van der Waals surface area contributed by atoms with E-state index in [2.05, 4.69) is 10.6 Å². The standard InChI is InChI=1S/C16H15N3O5S2/c1-2-24-14(21)10-7-17-15(22)18-11(10)8-19-13(20)12(26-16(19)23)6-9-4-3-5-25-9/h3-6H,2,7-8H2,1H3,(H2,17,18,22)/b12-6-. The van der Waals surface area contributed by atoms with Crippen molar-refractivity contribution in [1.29, 1.82) is 0 Å². The number of imide groups is 1. The van der Waals surface area contributed by atoms with E-state index >= 15 is 0 Å². The topological polar surface area (TPSA) is 105 Å². The summed E-state index contributed by atoms with van der Waals surface area (Å²) in [5, 5.41) is 6.38. The zero-order chi connectivity index (χ0) is 18.7. The Morgan fingerprint density at radius 1 is 1.38 bits per heavy atom. The molecule has 1 saturated heterocycles. The predicted molar refractivity (Wildman–Crippen MR) is 97.2 cm³/mol. The second-order valence-corrected chi connectivity index (χ2v) is 7.24. The molecule has 2 aliphatic heterocycles. The molecule has 0 unspecified atom stereocenters. The molecule has 3 rings (SSSR count). The normalized spacial score (nSPS) is 19.0. The fourth-order valence-electron chi connectivity index (χ4n) is 2.38. The van der Waals surface area contributed by atoms with Crippen molar-refractivity contribution in [3.63, 3.8) is 0 Å². The van der Waals surface area contributed by atoms with Crippen molar-refractivity contribution in [2.45, 2.75) is 6.92 Å². The van der Waals surface area contributed by atoms with E-state index in [-0.39, 0.29) is 31.0 Å². The number of esters is 1. The van der Waals surface area contributed by atoms with Gasteiger partial charge in [0.25, 0.3) is 11.1 Å². The Labute approximate surface area is 157 Å². The number of rotatable bonds is 5. The Bertz CT molecular complexity index is 829. The van der Waals surface area contributed by atoms with Crippen LogP contribution in [0.3, 0.4) is 0 Å². The van der Waals surface area contributed by atoms with E-state index in [4.69, 9.17) is 4.74 Å². The van der Waals surface area contributed by atoms with Crippen molar-refractivity contribution >= 4 is 52.3 Å². The summed E-state index contributed by atoms with van der Waals surface area (Å²) < 4.78 is 4.96. The van der Waals surface area contributed by atoms with Gasteiger partial charge in [0.15, 0.2) is 0 Å². The summed E-state index contributed by atoms with van der Waals surface area (Å²) in [7, 11) is 0. The molecule has 3 heterocycles. The average Bonchev–Trinajstić information content (AvgIpc) is 3.19. The molecule has 26 heavy (non-hydrogen) atoms. The van der Waals surface area contributed by atoms with Crippen LogP contribution in [0.1, 0.15) is 11.8 Å². The molecular weight excluding hydrogens is 378 g/mol. The Kier molecular flexibility index (Phi) is 5.43. The third-order valence-corrected chi connectivity index (χ3v) is 5.31. The van der Waals surface area contributed by atoms with E-state index in [1.54, 1.807) is 13.0 Å². The van der Waals surface area contributed by atoms with Gasteiger partial charge in [-0.05, 0) is 36.2 Å². The van der Waals surface area contributed by atoms with E-state index < -0.39 is 23.1 Å². The average molecular weight is 393 g/mol. The van der Waals surface area contributed by atoms with E-state index in [0.717, 1.165) is 21.5 Å². The van der Waals surface area contributed by atoms with Crippen molar-refractivity contribution in [2.75, 3.05) is 19.7 Å². The monoisotopic (exact) mass is 393 g/mol. The van der Waals surface area contributed by atoms with Gasteiger partial charge in [-0.1, -0.05) is 6.07 Å². The van der Waals surface area contributed by atoms with Crippen molar-refractivity contribution in [1.82, 2.24) is 15.5 Å². The molecule has 10 heteroatoms. The SMILES string of the molecule is CCOC(=O)C1=C(CN2C(=O)S/C(=C\c3cccs3)C2=O)NC(=O)NC1. The maximum Gasteiger partial charge on any atom is 0.337 e. The fourth-order valence-corrected chi connectivity index (χ4v) is 3.94. The van der Waals surface area contributed by atoms with Crippen molar-refractivity contribution in [2.24, 2.45) is 0 Å². The van der Waals surface area contributed by atoms with Crippen LogP contribution >= 0.6 is 23.1 Å². The number of urea groups is 1. The van der Waals surface area contributed by atoms with Gasteiger partial charge in [-0.3, -0.25) is 14.5 Å². The Morgan fingerprint density at radius 3 is 2.88 bits per heavy atom. The van der Waals surface area contributed by atoms with Gasteiger partial charge in [0, 0.05) is 4.88 Å². The number of nitrogens with zero attached hydrogens (tertiary/aromatic N) is 1. The van der Waals surface area contributed by atoms with Crippen molar-refractivity contribution in [3.05, 3.63) is 38.6 Å². The molecule has 2 aliphatic rings. The molecule has 4 amide bonds. The lowest BCUT2D eigenvalue weighted by Gasteiger charge is -2.23. The van der Waals surface area contributed by atoms with Crippen LogP contribution < -0.4 is 10.6 Å². The largest absolute Gasteiger partial charge is 0.463 e. The summed E-state index contributed by atoms with van der Waals surface area (Å²) >= 11 is 2.28. The van der Waals surface area contributed by atoms with Crippen LogP contribution in [0.2, 0.25) is 0 Å². The highest BCUT2D eigenvalue weighted by atomic mass is 32.2.